The molecule has 1 atom stereocenters. The molecule has 1 fully saturated rings. The number of methoxy groups -OCH3 is 1. The molecule has 0 aliphatic heterocycles. The fourth-order valence-electron chi connectivity index (χ4n) is 4.21. The van der Waals surface area contributed by atoms with E-state index >= 15 is 0 Å². The Balaban J connectivity index is 0.00000153. The van der Waals surface area contributed by atoms with Gasteiger partial charge in [-0.2, -0.15) is 21.6 Å². The average molecular weight is 565 g/mol. The summed E-state index contributed by atoms with van der Waals surface area (Å²) in [7, 11) is 1.42. The van der Waals surface area contributed by atoms with Crippen molar-refractivity contribution in [1.29, 1.82) is 0 Å². The maximum Gasteiger partial charge on any atom is 0.408 e. The third-order valence-corrected chi connectivity index (χ3v) is 6.75. The fraction of sp³-hybridized carbons (Fsp3) is 0.583. The first-order valence-corrected chi connectivity index (χ1v) is 13.0. The first-order chi connectivity index (χ1) is 17.5. The predicted molar refractivity (Wildman–Crippen MR) is 136 cm³/mol. The van der Waals surface area contributed by atoms with Crippen LogP contribution in [0.25, 0.3) is 5.69 Å². The lowest BCUT2D eigenvalue weighted by atomic mass is 9.83. The van der Waals surface area contributed by atoms with Gasteiger partial charge in [0.2, 0.25) is 0 Å². The number of alkyl halides is 3. The third-order valence-electron chi connectivity index (χ3n) is 6.40. The second-order valence-corrected chi connectivity index (χ2v) is 9.55. The molecule has 1 aromatic carbocycles. The zero-order chi connectivity index (χ0) is 27.8. The monoisotopic (exact) mass is 564 g/mol. The molecule has 1 aromatic heterocycles. The van der Waals surface area contributed by atoms with E-state index in [-0.39, 0.29) is 22.4 Å². The fourth-order valence-corrected chi connectivity index (χ4v) is 4.53. The van der Waals surface area contributed by atoms with E-state index in [1.807, 2.05) is 6.92 Å². The summed E-state index contributed by atoms with van der Waals surface area (Å²) in [6.07, 6.45) is 0.627. The number of carbonyl (C=O) groups is 1. The number of hydrogen-bond donors (Lipinski definition) is 2. The van der Waals surface area contributed by atoms with E-state index in [2.05, 4.69) is 22.5 Å². The van der Waals surface area contributed by atoms with Crippen molar-refractivity contribution in [2.24, 2.45) is 11.8 Å². The average Bonchev–Trinajstić information content (AvgIpc) is 3.19. The van der Waals surface area contributed by atoms with E-state index in [4.69, 9.17) is 24.8 Å². The number of imidazole rings is 1. The molecule has 0 saturated heterocycles. The molecule has 0 bridgehead atoms. The number of aromatic nitrogens is 2. The van der Waals surface area contributed by atoms with Crippen molar-refractivity contribution >= 4 is 34.8 Å². The second kappa shape index (κ2) is 13.8. The summed E-state index contributed by atoms with van der Waals surface area (Å²) >= 11 is 5.86. The lowest BCUT2D eigenvalue weighted by Gasteiger charge is -2.26. The Morgan fingerprint density at radius 3 is 2.43 bits per heavy atom. The summed E-state index contributed by atoms with van der Waals surface area (Å²) in [5, 5.41) is 5.53. The van der Waals surface area contributed by atoms with Gasteiger partial charge in [-0.3, -0.25) is 9.36 Å². The molecule has 37 heavy (non-hydrogen) atoms. The Kier molecular flexibility index (Phi) is 11.4. The molecule has 13 heteroatoms. The van der Waals surface area contributed by atoms with Crippen molar-refractivity contribution in [2.75, 3.05) is 19.0 Å². The van der Waals surface area contributed by atoms with E-state index in [0.717, 1.165) is 25.7 Å². The van der Waals surface area contributed by atoms with Crippen molar-refractivity contribution in [3.8, 4) is 11.4 Å². The molecule has 8 nitrogen and oxygen atoms in total. The molecular formula is C24H32ClF3N4O4S. The van der Waals surface area contributed by atoms with Crippen LogP contribution >= 0.6 is 11.6 Å². The molecular weight excluding hydrogens is 533 g/mol. The van der Waals surface area contributed by atoms with Crippen molar-refractivity contribution in [1.82, 2.24) is 14.9 Å². The lowest BCUT2D eigenvalue weighted by Crippen LogP contribution is -2.33. The molecule has 2 N–H and O–H groups in total. The van der Waals surface area contributed by atoms with Gasteiger partial charge in [-0.05, 0) is 43.7 Å². The number of hydrogen-bond acceptors (Lipinski definition) is 6. The predicted octanol–water partition coefficient (Wildman–Crippen LogP) is 5.35. The molecule has 1 aliphatic rings. The van der Waals surface area contributed by atoms with Gasteiger partial charge in [-0.15, -0.1) is 0 Å². The minimum absolute atomic E-state index is 0.123. The maximum atomic E-state index is 12.9. The molecule has 0 unspecified atom stereocenters. The number of aryl methyl sites for hydroxylation is 1. The summed E-state index contributed by atoms with van der Waals surface area (Å²) in [5.74, 6) is 1.69. The zero-order valence-electron chi connectivity index (χ0n) is 21.2. The first kappa shape index (κ1) is 30.6. The van der Waals surface area contributed by atoms with Crippen LogP contribution in [0.1, 0.15) is 62.8 Å². The first-order valence-electron chi connectivity index (χ1n) is 11.9. The van der Waals surface area contributed by atoms with Gasteiger partial charge in [0.1, 0.15) is 22.8 Å². The van der Waals surface area contributed by atoms with Crippen LogP contribution in [0.15, 0.2) is 18.2 Å². The SMILES string of the molecule is CCc1nc(C(=O)NCC2CCC(C)CC2)c(Cl)n1-c1ccc(N[C@H](C)C(F)(F)F)cc1OC.O=S=O. The van der Waals surface area contributed by atoms with Crippen LogP contribution in [0, 0.1) is 11.8 Å². The number of amides is 1. The van der Waals surface area contributed by atoms with Gasteiger partial charge < -0.3 is 15.4 Å². The summed E-state index contributed by atoms with van der Waals surface area (Å²) in [6, 6.07) is 2.85. The van der Waals surface area contributed by atoms with Gasteiger partial charge in [-0.1, -0.05) is 38.3 Å². The Morgan fingerprint density at radius 2 is 1.89 bits per heavy atom. The summed E-state index contributed by atoms with van der Waals surface area (Å²) in [6.45, 7) is 5.76. The van der Waals surface area contributed by atoms with E-state index in [1.54, 1.807) is 10.6 Å². The number of nitrogens with zero attached hydrogens (tertiary/aromatic N) is 2. The number of halogens is 4. The lowest BCUT2D eigenvalue weighted by molar-refractivity contribution is -0.138. The standard InChI is InChI=1S/C24H32ClF3N4O2.O2S/c1-5-20-31-21(23(33)29-13-16-8-6-14(2)7-9-16)22(25)32(20)18-11-10-17(12-19(18)34-4)30-15(3)24(26,27)28;1-3-2/h10-12,14-16,30H,5-9,13H2,1-4H3,(H,29,33);/t14?,15-,16?;/m1./s1. The van der Waals surface area contributed by atoms with Crippen LogP contribution in [0.4, 0.5) is 18.9 Å². The molecule has 0 radical (unpaired) electrons. The number of carbonyl (C=O) groups excluding carboxylic acids is 1. The van der Waals surface area contributed by atoms with Crippen LogP contribution in [0.5, 0.6) is 5.75 Å². The third kappa shape index (κ3) is 8.19. The van der Waals surface area contributed by atoms with Gasteiger partial charge >= 0.3 is 17.7 Å². The normalized spacial score (nSPS) is 18.3. The highest BCUT2D eigenvalue weighted by atomic mass is 35.5. The van der Waals surface area contributed by atoms with E-state index < -0.39 is 23.8 Å². The van der Waals surface area contributed by atoms with Crippen LogP contribution in [-0.2, 0) is 18.0 Å². The van der Waals surface area contributed by atoms with Crippen LogP contribution < -0.4 is 15.4 Å². The topological polar surface area (TPSA) is 102 Å². The highest BCUT2D eigenvalue weighted by Crippen LogP contribution is 2.34. The Labute approximate surface area is 222 Å². The van der Waals surface area contributed by atoms with Gasteiger partial charge in [0.15, 0.2) is 5.69 Å². The molecule has 206 valence electrons. The summed E-state index contributed by atoms with van der Waals surface area (Å²) < 4.78 is 62.4. The highest BCUT2D eigenvalue weighted by molar-refractivity contribution is 7.51. The van der Waals surface area contributed by atoms with Crippen molar-refractivity contribution < 1.29 is 31.1 Å². The highest BCUT2D eigenvalue weighted by Gasteiger charge is 2.36. The maximum absolute atomic E-state index is 12.9. The van der Waals surface area contributed by atoms with E-state index in [9.17, 15) is 18.0 Å². The molecule has 1 heterocycles. The molecule has 3 rings (SSSR count). The number of nitrogens with one attached hydrogen (secondary N) is 2. The van der Waals surface area contributed by atoms with Crippen molar-refractivity contribution in [3.63, 3.8) is 0 Å². The number of anilines is 1. The van der Waals surface area contributed by atoms with Gasteiger partial charge in [-0.25, -0.2) is 4.98 Å². The zero-order valence-corrected chi connectivity index (χ0v) is 22.7. The van der Waals surface area contributed by atoms with Gasteiger partial charge in [0, 0.05) is 24.7 Å². The second-order valence-electron chi connectivity index (χ2n) is 9.05. The largest absolute Gasteiger partial charge is 0.494 e. The van der Waals surface area contributed by atoms with Crippen LogP contribution in [0.2, 0.25) is 5.15 Å². The van der Waals surface area contributed by atoms with E-state index in [0.29, 0.717) is 36.1 Å². The van der Waals surface area contributed by atoms with Crippen molar-refractivity contribution in [3.05, 3.63) is 34.9 Å². The van der Waals surface area contributed by atoms with Gasteiger partial charge in [0.25, 0.3) is 5.91 Å². The summed E-state index contributed by atoms with van der Waals surface area (Å²) in [5.41, 5.74) is 0.861. The summed E-state index contributed by atoms with van der Waals surface area (Å²) in [4.78, 5) is 17.3. The molecule has 1 saturated carbocycles. The Hall–Kier alpha value is -2.60. The minimum Gasteiger partial charge on any atom is -0.494 e. The molecule has 2 aromatic rings. The number of ether oxygens (including phenoxy) is 1. The van der Waals surface area contributed by atoms with Crippen LogP contribution in [0.3, 0.4) is 0 Å². The quantitative estimate of drug-likeness (QED) is 0.448. The van der Waals surface area contributed by atoms with Crippen LogP contribution in [-0.4, -0.2) is 49.7 Å². The van der Waals surface area contributed by atoms with Gasteiger partial charge in [0.05, 0.1) is 12.8 Å². The Bertz CT molecular complexity index is 1100. The molecule has 0 spiro atoms. The minimum atomic E-state index is -4.38. The Morgan fingerprint density at radius 1 is 1.27 bits per heavy atom. The van der Waals surface area contributed by atoms with E-state index in [1.165, 1.54) is 32.1 Å². The number of benzene rings is 1. The smallest absolute Gasteiger partial charge is 0.408 e. The van der Waals surface area contributed by atoms with Crippen molar-refractivity contribution in [2.45, 2.75) is 65.1 Å². The molecule has 1 amide bonds. The number of rotatable bonds is 8. The molecule has 1 aliphatic carbocycles.